The second-order valence-corrected chi connectivity index (χ2v) is 9.42. The third-order valence-electron chi connectivity index (χ3n) is 3.74. The summed E-state index contributed by atoms with van der Waals surface area (Å²) in [7, 11) is -7.73. The lowest BCUT2D eigenvalue weighted by atomic mass is 10.2. The smallest absolute Gasteiger partial charge is 0.242 e. The highest BCUT2D eigenvalue weighted by Crippen LogP contribution is 2.26. The maximum absolute atomic E-state index is 12.7. The molecule has 8 heteroatoms. The summed E-state index contributed by atoms with van der Waals surface area (Å²) in [6, 6.07) is 13.9. The molecule has 0 saturated carbocycles. The van der Waals surface area contributed by atoms with E-state index in [1.165, 1.54) is 24.3 Å². The molecule has 1 aromatic heterocycles. The molecular formula is C17H17NO5S2. The molecule has 132 valence electrons. The number of sulfone groups is 1. The summed E-state index contributed by atoms with van der Waals surface area (Å²) in [6.45, 7) is 1.64. The zero-order chi connectivity index (χ0) is 18.2. The van der Waals surface area contributed by atoms with Crippen molar-refractivity contribution < 1.29 is 21.3 Å². The summed E-state index contributed by atoms with van der Waals surface area (Å²) in [5, 5.41) is 0.861. The van der Waals surface area contributed by atoms with Gasteiger partial charge < -0.3 is 4.42 Å². The molecule has 0 bridgehead atoms. The van der Waals surface area contributed by atoms with Crippen LogP contribution in [0.25, 0.3) is 11.0 Å². The average molecular weight is 379 g/mol. The summed E-state index contributed by atoms with van der Waals surface area (Å²) in [5.74, 6) is 0.446. The van der Waals surface area contributed by atoms with Gasteiger partial charge in [0.15, 0.2) is 9.84 Å². The summed E-state index contributed by atoms with van der Waals surface area (Å²) in [4.78, 5) is -0.514. The van der Waals surface area contributed by atoms with Crippen LogP contribution in [0.2, 0.25) is 0 Å². The molecule has 0 spiro atoms. The molecule has 1 N–H and O–H groups in total. The fraction of sp³-hybridized carbons (Fsp3) is 0.176. The first-order valence-electron chi connectivity index (χ1n) is 7.48. The molecule has 0 radical (unpaired) electrons. The summed E-state index contributed by atoms with van der Waals surface area (Å²) in [6.07, 6.45) is 0.976. The van der Waals surface area contributed by atoms with Crippen molar-refractivity contribution in [2.75, 3.05) is 6.26 Å². The van der Waals surface area contributed by atoms with E-state index in [1.54, 1.807) is 19.1 Å². The van der Waals surface area contributed by atoms with Gasteiger partial charge in [-0.2, -0.15) is 0 Å². The van der Waals surface area contributed by atoms with Crippen molar-refractivity contribution in [3.05, 3.63) is 60.4 Å². The number of nitrogens with one attached hydrogen (secondary N) is 1. The minimum absolute atomic E-state index is 0.237. The Morgan fingerprint density at radius 2 is 1.52 bits per heavy atom. The Bertz CT molecular complexity index is 1100. The SMILES string of the molecule is CC(NS(=O)(=O)c1ccccc1S(C)(=O)=O)c1cc2ccccc2o1. The van der Waals surface area contributed by atoms with Crippen LogP contribution in [0.3, 0.4) is 0 Å². The lowest BCUT2D eigenvalue weighted by molar-refractivity contribution is 0.484. The number of benzene rings is 2. The van der Waals surface area contributed by atoms with Crippen LogP contribution in [-0.4, -0.2) is 23.1 Å². The predicted octanol–water partition coefficient (Wildman–Crippen LogP) is 2.88. The maximum Gasteiger partial charge on any atom is 0.242 e. The quantitative estimate of drug-likeness (QED) is 0.736. The summed E-state index contributed by atoms with van der Waals surface area (Å²) >= 11 is 0. The first-order valence-corrected chi connectivity index (χ1v) is 10.9. The fourth-order valence-electron chi connectivity index (χ4n) is 2.55. The number of hydrogen-bond donors (Lipinski definition) is 1. The first-order chi connectivity index (χ1) is 11.7. The highest BCUT2D eigenvalue weighted by Gasteiger charge is 2.26. The zero-order valence-electron chi connectivity index (χ0n) is 13.6. The largest absolute Gasteiger partial charge is 0.459 e. The van der Waals surface area contributed by atoms with E-state index in [2.05, 4.69) is 4.72 Å². The number of para-hydroxylation sites is 1. The van der Waals surface area contributed by atoms with Gasteiger partial charge in [0.1, 0.15) is 16.2 Å². The number of hydrogen-bond acceptors (Lipinski definition) is 5. The molecule has 0 aliphatic heterocycles. The van der Waals surface area contributed by atoms with Gasteiger partial charge in [0.05, 0.1) is 10.9 Å². The Morgan fingerprint density at radius 3 is 2.16 bits per heavy atom. The van der Waals surface area contributed by atoms with E-state index < -0.39 is 25.9 Å². The Balaban J connectivity index is 1.97. The topological polar surface area (TPSA) is 93.5 Å². The van der Waals surface area contributed by atoms with Crippen molar-refractivity contribution in [1.82, 2.24) is 4.72 Å². The van der Waals surface area contributed by atoms with Gasteiger partial charge in [-0.15, -0.1) is 0 Å². The van der Waals surface area contributed by atoms with Crippen LogP contribution in [0.15, 0.2) is 68.8 Å². The molecular weight excluding hydrogens is 362 g/mol. The molecule has 0 saturated heterocycles. The standard InChI is InChI=1S/C17H17NO5S2/c1-12(15-11-13-7-3-4-8-14(13)23-15)18-25(21,22)17-10-6-5-9-16(17)24(2,19)20/h3-12,18H,1-2H3. The number of furan rings is 1. The van der Waals surface area contributed by atoms with Crippen LogP contribution in [0.5, 0.6) is 0 Å². The van der Waals surface area contributed by atoms with Crippen LogP contribution >= 0.6 is 0 Å². The second kappa shape index (κ2) is 6.29. The maximum atomic E-state index is 12.7. The van der Waals surface area contributed by atoms with Gasteiger partial charge >= 0.3 is 0 Å². The van der Waals surface area contributed by atoms with Crippen LogP contribution in [-0.2, 0) is 19.9 Å². The molecule has 0 aliphatic carbocycles. The van der Waals surface area contributed by atoms with Crippen molar-refractivity contribution in [2.45, 2.75) is 22.8 Å². The third-order valence-corrected chi connectivity index (χ3v) is 6.62. The Labute approximate surface area is 146 Å². The molecule has 3 aromatic rings. The van der Waals surface area contributed by atoms with Gasteiger partial charge in [0, 0.05) is 11.6 Å². The monoisotopic (exact) mass is 379 g/mol. The summed E-state index contributed by atoms with van der Waals surface area (Å²) < 4.78 is 57.2. The fourth-order valence-corrected chi connectivity index (χ4v) is 5.39. The van der Waals surface area contributed by atoms with Gasteiger partial charge in [-0.3, -0.25) is 0 Å². The van der Waals surface area contributed by atoms with E-state index in [-0.39, 0.29) is 9.79 Å². The molecule has 0 fully saturated rings. The second-order valence-electron chi connectivity index (χ2n) is 5.75. The van der Waals surface area contributed by atoms with Crippen molar-refractivity contribution in [3.63, 3.8) is 0 Å². The zero-order valence-corrected chi connectivity index (χ0v) is 15.3. The Morgan fingerprint density at radius 1 is 0.920 bits per heavy atom. The molecule has 25 heavy (non-hydrogen) atoms. The molecule has 3 rings (SSSR count). The van der Waals surface area contributed by atoms with E-state index in [0.29, 0.717) is 11.3 Å². The molecule has 1 atom stereocenters. The van der Waals surface area contributed by atoms with E-state index in [9.17, 15) is 16.8 Å². The number of rotatable bonds is 5. The van der Waals surface area contributed by atoms with E-state index >= 15 is 0 Å². The van der Waals surface area contributed by atoms with Crippen molar-refractivity contribution in [3.8, 4) is 0 Å². The minimum atomic E-state index is -4.05. The Kier molecular flexibility index (Phi) is 4.44. The summed E-state index contributed by atoms with van der Waals surface area (Å²) in [5.41, 5.74) is 0.653. The van der Waals surface area contributed by atoms with Gasteiger partial charge in [0.2, 0.25) is 10.0 Å². The van der Waals surface area contributed by atoms with Crippen molar-refractivity contribution in [1.29, 1.82) is 0 Å². The van der Waals surface area contributed by atoms with Crippen LogP contribution in [0.1, 0.15) is 18.7 Å². The molecule has 6 nitrogen and oxygen atoms in total. The van der Waals surface area contributed by atoms with Crippen LogP contribution in [0, 0.1) is 0 Å². The third kappa shape index (κ3) is 3.60. The van der Waals surface area contributed by atoms with Gasteiger partial charge in [0.25, 0.3) is 0 Å². The number of fused-ring (bicyclic) bond motifs is 1. The van der Waals surface area contributed by atoms with Crippen molar-refractivity contribution >= 4 is 30.8 Å². The Hall–Kier alpha value is -2.16. The van der Waals surface area contributed by atoms with Gasteiger partial charge in [-0.25, -0.2) is 21.6 Å². The van der Waals surface area contributed by atoms with E-state index in [4.69, 9.17) is 4.42 Å². The molecule has 0 amide bonds. The lowest BCUT2D eigenvalue weighted by Gasteiger charge is -2.14. The normalized spacial score (nSPS) is 13.8. The average Bonchev–Trinajstić information content (AvgIpc) is 2.98. The predicted molar refractivity (Wildman–Crippen MR) is 94.5 cm³/mol. The molecule has 1 unspecified atom stereocenters. The van der Waals surface area contributed by atoms with Crippen LogP contribution in [0.4, 0.5) is 0 Å². The lowest BCUT2D eigenvalue weighted by Crippen LogP contribution is -2.28. The van der Waals surface area contributed by atoms with E-state index in [1.807, 2.05) is 18.2 Å². The van der Waals surface area contributed by atoms with Crippen molar-refractivity contribution in [2.24, 2.45) is 0 Å². The minimum Gasteiger partial charge on any atom is -0.459 e. The van der Waals surface area contributed by atoms with Gasteiger partial charge in [-0.1, -0.05) is 30.3 Å². The highest BCUT2D eigenvalue weighted by molar-refractivity contribution is 7.93. The number of sulfonamides is 1. The first kappa shape index (κ1) is 17.7. The van der Waals surface area contributed by atoms with Crippen LogP contribution < -0.4 is 4.72 Å². The molecule has 2 aromatic carbocycles. The molecule has 0 aliphatic rings. The van der Waals surface area contributed by atoms with Gasteiger partial charge in [-0.05, 0) is 31.2 Å². The highest BCUT2D eigenvalue weighted by atomic mass is 32.2. The van der Waals surface area contributed by atoms with E-state index in [0.717, 1.165) is 11.6 Å². The molecule has 1 heterocycles.